The van der Waals surface area contributed by atoms with Crippen molar-refractivity contribution in [2.24, 2.45) is 22.7 Å². The SMILES string of the molecule is CC12CC3CC(C1)CC(C)(C3)C2c1ccc(Br)cc1. The zero-order chi connectivity index (χ0) is 13.3. The van der Waals surface area contributed by atoms with Crippen LogP contribution in [-0.4, -0.2) is 0 Å². The van der Waals surface area contributed by atoms with E-state index < -0.39 is 0 Å². The number of benzene rings is 1. The minimum Gasteiger partial charge on any atom is -0.0590 e. The molecule has 0 amide bonds. The van der Waals surface area contributed by atoms with Crippen LogP contribution in [0.1, 0.15) is 57.4 Å². The highest BCUT2D eigenvalue weighted by atomic mass is 79.9. The van der Waals surface area contributed by atoms with Crippen LogP contribution in [0, 0.1) is 22.7 Å². The lowest BCUT2D eigenvalue weighted by molar-refractivity contribution is -0.116. The van der Waals surface area contributed by atoms with E-state index in [0.29, 0.717) is 10.8 Å². The van der Waals surface area contributed by atoms with E-state index in [2.05, 4.69) is 54.0 Å². The maximum absolute atomic E-state index is 3.57. The molecule has 4 bridgehead atoms. The molecule has 0 nitrogen and oxygen atoms in total. The summed E-state index contributed by atoms with van der Waals surface area (Å²) in [5, 5.41) is 0. The maximum Gasteiger partial charge on any atom is 0.0175 e. The Morgan fingerprint density at radius 3 is 1.84 bits per heavy atom. The third kappa shape index (κ3) is 1.77. The summed E-state index contributed by atoms with van der Waals surface area (Å²) in [6.45, 7) is 5.16. The summed E-state index contributed by atoms with van der Waals surface area (Å²) >= 11 is 3.57. The van der Waals surface area contributed by atoms with Gasteiger partial charge in [0.2, 0.25) is 0 Å². The molecule has 0 saturated heterocycles. The number of halogens is 1. The average molecular weight is 319 g/mol. The largest absolute Gasteiger partial charge is 0.0590 e. The van der Waals surface area contributed by atoms with Crippen LogP contribution >= 0.6 is 15.9 Å². The molecule has 0 radical (unpaired) electrons. The molecule has 0 N–H and O–H groups in total. The second kappa shape index (κ2) is 3.87. The lowest BCUT2D eigenvalue weighted by atomic mass is 9.39. The highest BCUT2D eigenvalue weighted by molar-refractivity contribution is 9.10. The van der Waals surface area contributed by atoms with Crippen LogP contribution in [0.4, 0.5) is 0 Å². The fourth-order valence-corrected chi connectivity index (χ4v) is 6.79. The van der Waals surface area contributed by atoms with E-state index in [4.69, 9.17) is 0 Å². The minimum atomic E-state index is 0.562. The van der Waals surface area contributed by atoms with E-state index in [1.54, 1.807) is 5.56 Å². The number of rotatable bonds is 1. The van der Waals surface area contributed by atoms with E-state index in [-0.39, 0.29) is 0 Å². The summed E-state index contributed by atoms with van der Waals surface area (Å²) in [5.74, 6) is 2.82. The molecule has 102 valence electrons. The van der Waals surface area contributed by atoms with E-state index in [9.17, 15) is 0 Å². The molecule has 0 unspecified atom stereocenters. The predicted octanol–water partition coefficient (Wildman–Crippen LogP) is 5.77. The van der Waals surface area contributed by atoms with Crippen LogP contribution in [0.2, 0.25) is 0 Å². The molecule has 0 spiro atoms. The average Bonchev–Trinajstić information content (AvgIpc) is 2.28. The smallest absolute Gasteiger partial charge is 0.0175 e. The van der Waals surface area contributed by atoms with Crippen molar-refractivity contribution in [2.45, 2.75) is 51.9 Å². The second-order valence-electron chi connectivity index (χ2n) is 8.08. The Balaban J connectivity index is 1.80. The van der Waals surface area contributed by atoms with Crippen LogP contribution in [0.25, 0.3) is 0 Å². The van der Waals surface area contributed by atoms with Crippen molar-refractivity contribution < 1.29 is 0 Å². The van der Waals surface area contributed by atoms with Crippen molar-refractivity contribution in [3.8, 4) is 0 Å². The van der Waals surface area contributed by atoms with Gasteiger partial charge < -0.3 is 0 Å². The van der Waals surface area contributed by atoms with Gasteiger partial charge in [-0.2, -0.15) is 0 Å². The molecule has 0 aromatic heterocycles. The Hall–Kier alpha value is -0.300. The van der Waals surface area contributed by atoms with Gasteiger partial charge in [-0.15, -0.1) is 0 Å². The van der Waals surface area contributed by atoms with Crippen molar-refractivity contribution in [3.05, 3.63) is 34.3 Å². The Morgan fingerprint density at radius 1 is 0.895 bits per heavy atom. The van der Waals surface area contributed by atoms with Gasteiger partial charge >= 0.3 is 0 Å². The normalized spacial score (nSPS) is 47.6. The summed E-state index contributed by atoms with van der Waals surface area (Å²) in [5.41, 5.74) is 2.71. The third-order valence-corrected chi connectivity index (χ3v) is 6.81. The topological polar surface area (TPSA) is 0 Å². The third-order valence-electron chi connectivity index (χ3n) is 6.28. The van der Waals surface area contributed by atoms with Crippen LogP contribution in [0.15, 0.2) is 28.7 Å². The van der Waals surface area contributed by atoms with Gasteiger partial charge in [0.25, 0.3) is 0 Å². The summed E-state index contributed by atoms with van der Waals surface area (Å²) in [6, 6.07) is 9.20. The van der Waals surface area contributed by atoms with Gasteiger partial charge in [-0.3, -0.25) is 0 Å². The molecule has 0 atom stereocenters. The van der Waals surface area contributed by atoms with Crippen molar-refractivity contribution in [3.63, 3.8) is 0 Å². The first-order chi connectivity index (χ1) is 8.98. The maximum atomic E-state index is 3.57. The van der Waals surface area contributed by atoms with Crippen LogP contribution in [0.5, 0.6) is 0 Å². The summed E-state index contributed by atoms with van der Waals surface area (Å²) in [4.78, 5) is 0. The molecule has 1 aromatic rings. The Morgan fingerprint density at radius 2 is 1.37 bits per heavy atom. The summed E-state index contributed by atoms with van der Waals surface area (Å²) in [7, 11) is 0. The van der Waals surface area contributed by atoms with Crippen molar-refractivity contribution >= 4 is 15.9 Å². The van der Waals surface area contributed by atoms with Gasteiger partial charge in [-0.05, 0) is 78.4 Å². The Kier molecular flexibility index (Phi) is 2.54. The molecule has 4 saturated carbocycles. The van der Waals surface area contributed by atoms with Crippen LogP contribution in [-0.2, 0) is 0 Å². The molecule has 1 aromatic carbocycles. The monoisotopic (exact) mass is 318 g/mol. The first-order valence-electron chi connectivity index (χ1n) is 7.74. The van der Waals surface area contributed by atoms with Gasteiger partial charge in [0, 0.05) is 4.47 Å². The quantitative estimate of drug-likeness (QED) is 0.616. The Labute approximate surface area is 125 Å². The molecule has 0 heterocycles. The van der Waals surface area contributed by atoms with Gasteiger partial charge in [-0.25, -0.2) is 0 Å². The molecular formula is C18H23Br. The molecule has 4 aliphatic carbocycles. The van der Waals surface area contributed by atoms with Gasteiger partial charge in [0.1, 0.15) is 0 Å². The van der Waals surface area contributed by atoms with E-state index in [1.807, 2.05) is 0 Å². The molecular weight excluding hydrogens is 296 g/mol. The first-order valence-corrected chi connectivity index (χ1v) is 8.53. The number of hydrogen-bond donors (Lipinski definition) is 0. The lowest BCUT2D eigenvalue weighted by Crippen LogP contribution is -2.54. The molecule has 5 rings (SSSR count). The van der Waals surface area contributed by atoms with Crippen molar-refractivity contribution in [2.75, 3.05) is 0 Å². The molecule has 1 heteroatoms. The van der Waals surface area contributed by atoms with Crippen LogP contribution < -0.4 is 0 Å². The first kappa shape index (κ1) is 12.4. The van der Waals surface area contributed by atoms with Gasteiger partial charge in [0.15, 0.2) is 0 Å². The predicted molar refractivity (Wildman–Crippen MR) is 83.2 cm³/mol. The van der Waals surface area contributed by atoms with Crippen molar-refractivity contribution in [1.29, 1.82) is 0 Å². The van der Waals surface area contributed by atoms with Gasteiger partial charge in [-0.1, -0.05) is 41.9 Å². The fraction of sp³-hybridized carbons (Fsp3) is 0.667. The fourth-order valence-electron chi connectivity index (χ4n) is 6.53. The lowest BCUT2D eigenvalue weighted by Gasteiger charge is -2.65. The molecule has 19 heavy (non-hydrogen) atoms. The summed E-state index contributed by atoms with van der Waals surface area (Å²) in [6.07, 6.45) is 7.41. The highest BCUT2D eigenvalue weighted by Gasteiger charge is 2.60. The zero-order valence-electron chi connectivity index (χ0n) is 12.0. The van der Waals surface area contributed by atoms with E-state index in [1.165, 1.54) is 36.6 Å². The van der Waals surface area contributed by atoms with Crippen LogP contribution in [0.3, 0.4) is 0 Å². The van der Waals surface area contributed by atoms with Crippen molar-refractivity contribution in [1.82, 2.24) is 0 Å². The molecule has 0 aliphatic heterocycles. The van der Waals surface area contributed by atoms with E-state index in [0.717, 1.165) is 17.8 Å². The van der Waals surface area contributed by atoms with E-state index >= 15 is 0 Å². The molecule has 4 fully saturated rings. The highest BCUT2D eigenvalue weighted by Crippen LogP contribution is 2.70. The molecule has 4 aliphatic rings. The minimum absolute atomic E-state index is 0.562. The summed E-state index contributed by atoms with van der Waals surface area (Å²) < 4.78 is 1.20. The zero-order valence-corrected chi connectivity index (χ0v) is 13.5. The second-order valence-corrected chi connectivity index (χ2v) is 8.99. The number of hydrogen-bond acceptors (Lipinski definition) is 0. The standard InChI is InChI=1S/C18H23Br/c1-17-8-12-7-13(9-17)11-18(2,10-12)16(17)14-3-5-15(19)6-4-14/h3-6,12-13,16H,7-11H2,1-2H3. The Bertz CT molecular complexity index is 465. The van der Waals surface area contributed by atoms with Gasteiger partial charge in [0.05, 0.1) is 0 Å².